The van der Waals surface area contributed by atoms with Crippen LogP contribution < -0.4 is 4.72 Å². The molecule has 1 aromatic rings. The first-order chi connectivity index (χ1) is 8.28. The summed E-state index contributed by atoms with van der Waals surface area (Å²) >= 11 is 3.29. The summed E-state index contributed by atoms with van der Waals surface area (Å²) in [5.41, 5.74) is 0.682. The predicted molar refractivity (Wildman–Crippen MR) is 71.2 cm³/mol. The summed E-state index contributed by atoms with van der Waals surface area (Å²) in [4.78, 5) is 0. The van der Waals surface area contributed by atoms with Crippen molar-refractivity contribution in [1.82, 2.24) is 4.72 Å². The van der Waals surface area contributed by atoms with Crippen LogP contribution in [0.5, 0.6) is 0 Å². The second-order valence-electron chi connectivity index (χ2n) is 3.98. The van der Waals surface area contributed by atoms with Crippen molar-refractivity contribution >= 4 is 26.0 Å². The second-order valence-corrected chi connectivity index (χ2v) is 6.67. The molecule has 1 N–H and O–H groups in total. The van der Waals surface area contributed by atoms with Gasteiger partial charge in [0.05, 0.1) is 19.0 Å². The molecular formula is C11H15BrFNO3S. The molecule has 4 nitrogen and oxygen atoms in total. The van der Waals surface area contributed by atoms with Gasteiger partial charge >= 0.3 is 0 Å². The lowest BCUT2D eigenvalue weighted by atomic mass is 10.2. The van der Waals surface area contributed by atoms with Crippen LogP contribution in [-0.2, 0) is 21.4 Å². The van der Waals surface area contributed by atoms with Crippen LogP contribution in [0, 0.1) is 5.82 Å². The van der Waals surface area contributed by atoms with Gasteiger partial charge in [0.1, 0.15) is 5.82 Å². The molecular weight excluding hydrogens is 325 g/mol. The highest BCUT2D eigenvalue weighted by molar-refractivity contribution is 9.10. The Bertz CT molecular complexity index is 507. The Labute approximate surface area is 115 Å². The number of hydrogen-bond acceptors (Lipinski definition) is 3. The predicted octanol–water partition coefficient (Wildman–Crippen LogP) is 2.04. The monoisotopic (exact) mass is 339 g/mol. The van der Waals surface area contributed by atoms with E-state index in [1.165, 1.54) is 12.1 Å². The van der Waals surface area contributed by atoms with E-state index in [2.05, 4.69) is 20.7 Å². The maximum absolute atomic E-state index is 13.0. The van der Waals surface area contributed by atoms with Crippen molar-refractivity contribution in [2.45, 2.75) is 19.6 Å². The molecule has 0 fully saturated rings. The maximum Gasteiger partial charge on any atom is 0.208 e. The van der Waals surface area contributed by atoms with E-state index in [0.717, 1.165) is 10.7 Å². The third-order valence-electron chi connectivity index (χ3n) is 2.16. The zero-order valence-corrected chi connectivity index (χ0v) is 12.5. The molecule has 0 spiro atoms. The molecule has 0 heterocycles. The lowest BCUT2D eigenvalue weighted by molar-refractivity contribution is 0.0562. The third kappa shape index (κ3) is 5.90. The molecule has 102 valence electrons. The van der Waals surface area contributed by atoms with E-state index in [1.54, 1.807) is 13.0 Å². The Balaban J connectivity index is 2.47. The van der Waals surface area contributed by atoms with Gasteiger partial charge in [-0.3, -0.25) is 0 Å². The third-order valence-corrected chi connectivity index (χ3v) is 3.63. The average Bonchev–Trinajstić information content (AvgIpc) is 2.26. The number of sulfonamides is 1. The van der Waals surface area contributed by atoms with Crippen molar-refractivity contribution in [2.75, 3.05) is 12.8 Å². The van der Waals surface area contributed by atoms with E-state index >= 15 is 0 Å². The van der Waals surface area contributed by atoms with Crippen molar-refractivity contribution in [3.63, 3.8) is 0 Å². The highest BCUT2D eigenvalue weighted by Crippen LogP contribution is 2.19. The Kier molecular flexibility index (Phi) is 5.71. The van der Waals surface area contributed by atoms with Gasteiger partial charge < -0.3 is 4.74 Å². The molecule has 0 aliphatic carbocycles. The van der Waals surface area contributed by atoms with Crippen molar-refractivity contribution in [2.24, 2.45) is 0 Å². The fourth-order valence-electron chi connectivity index (χ4n) is 1.21. The first-order valence-electron chi connectivity index (χ1n) is 5.28. The first kappa shape index (κ1) is 15.6. The molecule has 0 saturated carbocycles. The first-order valence-corrected chi connectivity index (χ1v) is 7.96. The molecule has 0 aromatic heterocycles. The Morgan fingerprint density at radius 1 is 1.50 bits per heavy atom. The fourth-order valence-corrected chi connectivity index (χ4v) is 2.11. The Hall–Kier alpha value is -0.500. The van der Waals surface area contributed by atoms with Crippen LogP contribution in [0.4, 0.5) is 4.39 Å². The zero-order chi connectivity index (χ0) is 13.8. The molecule has 0 aliphatic rings. The van der Waals surface area contributed by atoms with Crippen LogP contribution in [0.3, 0.4) is 0 Å². The minimum atomic E-state index is -3.22. The van der Waals surface area contributed by atoms with Gasteiger partial charge in [-0.25, -0.2) is 17.5 Å². The minimum absolute atomic E-state index is 0.186. The van der Waals surface area contributed by atoms with Gasteiger partial charge in [-0.05, 0) is 30.7 Å². The van der Waals surface area contributed by atoms with Crippen LogP contribution in [0.25, 0.3) is 0 Å². The van der Waals surface area contributed by atoms with Gasteiger partial charge in [0.15, 0.2) is 0 Å². The zero-order valence-electron chi connectivity index (χ0n) is 10.1. The van der Waals surface area contributed by atoms with Gasteiger partial charge in [0, 0.05) is 11.0 Å². The minimum Gasteiger partial charge on any atom is -0.372 e. The van der Waals surface area contributed by atoms with Crippen molar-refractivity contribution in [3.05, 3.63) is 34.1 Å². The quantitative estimate of drug-likeness (QED) is 0.862. The maximum atomic E-state index is 13.0. The molecule has 0 bridgehead atoms. The summed E-state index contributed by atoms with van der Waals surface area (Å²) in [6.45, 7) is 2.14. The van der Waals surface area contributed by atoms with E-state index in [4.69, 9.17) is 4.74 Å². The van der Waals surface area contributed by atoms with Gasteiger partial charge in [0.2, 0.25) is 10.0 Å². The number of hydrogen-bond donors (Lipinski definition) is 1. The molecule has 0 saturated heterocycles. The van der Waals surface area contributed by atoms with E-state index < -0.39 is 10.0 Å². The summed E-state index contributed by atoms with van der Waals surface area (Å²) in [6.07, 6.45) is 0.790. The van der Waals surface area contributed by atoms with E-state index in [9.17, 15) is 12.8 Å². The summed E-state index contributed by atoms with van der Waals surface area (Å²) in [5.74, 6) is -0.335. The van der Waals surface area contributed by atoms with Crippen LogP contribution in [0.2, 0.25) is 0 Å². The highest BCUT2D eigenvalue weighted by atomic mass is 79.9. The molecule has 1 atom stereocenters. The van der Waals surface area contributed by atoms with Gasteiger partial charge in [0.25, 0.3) is 0 Å². The van der Waals surface area contributed by atoms with E-state index in [0.29, 0.717) is 5.56 Å². The largest absolute Gasteiger partial charge is 0.372 e. The lowest BCUT2D eigenvalue weighted by Crippen LogP contribution is -2.31. The molecule has 0 unspecified atom stereocenters. The molecule has 1 aromatic carbocycles. The SMILES string of the molecule is C[C@H](CNS(C)(=O)=O)OCc1cc(F)ccc1Br. The Morgan fingerprint density at radius 2 is 2.17 bits per heavy atom. The van der Waals surface area contributed by atoms with Gasteiger partial charge in [-0.15, -0.1) is 0 Å². The number of rotatable bonds is 6. The number of nitrogens with one attached hydrogen (secondary N) is 1. The lowest BCUT2D eigenvalue weighted by Gasteiger charge is -2.14. The molecule has 0 radical (unpaired) electrons. The van der Waals surface area contributed by atoms with E-state index in [-0.39, 0.29) is 25.1 Å². The fraction of sp³-hybridized carbons (Fsp3) is 0.455. The molecule has 18 heavy (non-hydrogen) atoms. The van der Waals surface area contributed by atoms with Crippen LogP contribution in [0.15, 0.2) is 22.7 Å². The van der Waals surface area contributed by atoms with Gasteiger partial charge in [-0.2, -0.15) is 0 Å². The second kappa shape index (κ2) is 6.60. The number of ether oxygens (including phenoxy) is 1. The van der Waals surface area contributed by atoms with Crippen molar-refractivity contribution in [1.29, 1.82) is 0 Å². The van der Waals surface area contributed by atoms with Crippen molar-refractivity contribution < 1.29 is 17.5 Å². The van der Waals surface area contributed by atoms with Crippen molar-refractivity contribution in [3.8, 4) is 0 Å². The molecule has 1 rings (SSSR count). The average molecular weight is 340 g/mol. The van der Waals surface area contributed by atoms with Gasteiger partial charge in [-0.1, -0.05) is 15.9 Å². The smallest absolute Gasteiger partial charge is 0.208 e. The van der Waals surface area contributed by atoms with Crippen LogP contribution >= 0.6 is 15.9 Å². The van der Waals surface area contributed by atoms with Crippen LogP contribution in [0.1, 0.15) is 12.5 Å². The number of benzene rings is 1. The van der Waals surface area contributed by atoms with E-state index in [1.807, 2.05) is 0 Å². The number of halogens is 2. The topological polar surface area (TPSA) is 55.4 Å². The summed E-state index contributed by atoms with van der Waals surface area (Å²) in [5, 5.41) is 0. The Morgan fingerprint density at radius 3 is 2.78 bits per heavy atom. The summed E-state index contributed by atoms with van der Waals surface area (Å²) < 4.78 is 43.3. The standard InChI is InChI=1S/C11H15BrFNO3S/c1-8(6-14-18(2,15)16)17-7-9-5-10(13)3-4-11(9)12/h3-5,8,14H,6-7H2,1-2H3/t8-/m1/s1. The molecule has 0 aliphatic heterocycles. The molecule has 7 heteroatoms. The normalized spacial score (nSPS) is 13.6. The van der Waals surface area contributed by atoms with Crippen LogP contribution in [-0.4, -0.2) is 27.3 Å². The molecule has 0 amide bonds. The summed E-state index contributed by atoms with van der Waals surface area (Å²) in [7, 11) is -3.22. The highest BCUT2D eigenvalue weighted by Gasteiger charge is 2.08. The summed E-state index contributed by atoms with van der Waals surface area (Å²) in [6, 6.07) is 4.33.